The van der Waals surface area contributed by atoms with Gasteiger partial charge in [0.1, 0.15) is 6.61 Å². The molecule has 0 bridgehead atoms. The highest BCUT2D eigenvalue weighted by Crippen LogP contribution is 2.28. The summed E-state index contributed by atoms with van der Waals surface area (Å²) in [5, 5.41) is 12.2. The molecule has 0 fully saturated rings. The predicted molar refractivity (Wildman–Crippen MR) is 118 cm³/mol. The molecule has 1 aromatic heterocycles. The number of ether oxygens (including phenoxy) is 2. The van der Waals surface area contributed by atoms with Gasteiger partial charge in [-0.15, -0.1) is 0 Å². The Kier molecular flexibility index (Phi) is 7.43. The minimum absolute atomic E-state index is 0.398. The zero-order chi connectivity index (χ0) is 20.6. The number of H-pyrrole nitrogens is 1. The Balaban J connectivity index is 1.74. The first kappa shape index (κ1) is 21.1. The van der Waals surface area contributed by atoms with Gasteiger partial charge >= 0.3 is 0 Å². The number of benzene rings is 2. The third kappa shape index (κ3) is 5.68. The summed E-state index contributed by atoms with van der Waals surface area (Å²) in [4.78, 5) is 0. The van der Waals surface area contributed by atoms with Crippen LogP contribution >= 0.6 is 23.8 Å². The van der Waals surface area contributed by atoms with Crippen molar-refractivity contribution in [3.05, 3.63) is 69.2 Å². The van der Waals surface area contributed by atoms with Gasteiger partial charge in [0, 0.05) is 11.4 Å². The fourth-order valence-electron chi connectivity index (χ4n) is 2.74. The molecule has 0 aliphatic rings. The summed E-state index contributed by atoms with van der Waals surface area (Å²) in [5.74, 6) is 2.09. The lowest BCUT2D eigenvalue weighted by atomic mass is 10.2. The summed E-state index contributed by atoms with van der Waals surface area (Å²) in [6.07, 6.45) is 4.66. The van der Waals surface area contributed by atoms with Crippen molar-refractivity contribution >= 4 is 30.0 Å². The molecule has 1 heterocycles. The molecule has 3 aromatic rings. The molecule has 1 N–H and O–H groups in total. The first-order valence-corrected chi connectivity index (χ1v) is 10.1. The van der Waals surface area contributed by atoms with Crippen LogP contribution in [0.2, 0.25) is 5.02 Å². The van der Waals surface area contributed by atoms with Crippen LogP contribution in [0.5, 0.6) is 11.5 Å². The minimum Gasteiger partial charge on any atom is -0.493 e. The quantitative estimate of drug-likeness (QED) is 0.364. The fourth-order valence-corrected chi connectivity index (χ4v) is 3.15. The lowest BCUT2D eigenvalue weighted by Gasteiger charge is -2.11. The van der Waals surface area contributed by atoms with Crippen LogP contribution in [0, 0.1) is 4.77 Å². The highest BCUT2D eigenvalue weighted by molar-refractivity contribution is 7.71. The molecule has 0 saturated heterocycles. The van der Waals surface area contributed by atoms with E-state index < -0.39 is 0 Å². The second-order valence-electron chi connectivity index (χ2n) is 6.43. The molecule has 0 saturated carbocycles. The van der Waals surface area contributed by atoms with E-state index in [4.69, 9.17) is 33.3 Å². The minimum atomic E-state index is 0.398. The normalized spacial score (nSPS) is 11.1. The summed E-state index contributed by atoms with van der Waals surface area (Å²) < 4.78 is 13.5. The van der Waals surface area contributed by atoms with Gasteiger partial charge in [-0.25, -0.2) is 0 Å². The smallest absolute Gasteiger partial charge is 0.216 e. The topological polar surface area (TPSA) is 64.4 Å². The number of nitrogens with one attached hydrogen (secondary N) is 1. The molecule has 0 spiro atoms. The summed E-state index contributed by atoms with van der Waals surface area (Å²) in [6, 6.07) is 13.2. The van der Waals surface area contributed by atoms with E-state index in [2.05, 4.69) is 22.2 Å². The first-order valence-electron chi connectivity index (χ1n) is 9.36. The van der Waals surface area contributed by atoms with Crippen LogP contribution < -0.4 is 9.47 Å². The van der Waals surface area contributed by atoms with Crippen molar-refractivity contribution in [3.63, 3.8) is 0 Å². The van der Waals surface area contributed by atoms with Crippen LogP contribution in [0.4, 0.5) is 0 Å². The molecule has 0 unspecified atom stereocenters. The fraction of sp³-hybridized carbons (Fsp3) is 0.286. The van der Waals surface area contributed by atoms with E-state index in [0.717, 1.165) is 36.2 Å². The van der Waals surface area contributed by atoms with Gasteiger partial charge in [0.05, 0.1) is 13.3 Å². The Labute approximate surface area is 180 Å². The Hall–Kier alpha value is -2.64. The number of unbranched alkanes of at least 4 members (excludes halogenated alkanes) is 1. The number of aromatic nitrogens is 3. The Bertz CT molecular complexity index is 1050. The van der Waals surface area contributed by atoms with E-state index in [9.17, 15) is 0 Å². The van der Waals surface area contributed by atoms with Crippen LogP contribution in [0.15, 0.2) is 47.6 Å². The molecule has 0 radical (unpaired) electrons. The molecular weight excluding hydrogens is 408 g/mol. The van der Waals surface area contributed by atoms with Gasteiger partial charge < -0.3 is 9.47 Å². The maximum Gasteiger partial charge on any atom is 0.216 e. The molecule has 0 amide bonds. The van der Waals surface area contributed by atoms with Crippen molar-refractivity contribution in [3.8, 4) is 11.5 Å². The van der Waals surface area contributed by atoms with Gasteiger partial charge in [0.2, 0.25) is 4.77 Å². The molecule has 152 valence electrons. The largest absolute Gasteiger partial charge is 0.493 e. The van der Waals surface area contributed by atoms with Crippen molar-refractivity contribution in [2.24, 2.45) is 5.10 Å². The molecule has 8 heteroatoms. The Morgan fingerprint density at radius 1 is 1.24 bits per heavy atom. The van der Waals surface area contributed by atoms with Crippen molar-refractivity contribution in [1.82, 2.24) is 14.9 Å². The molecule has 2 aromatic carbocycles. The van der Waals surface area contributed by atoms with Crippen LogP contribution in [-0.2, 0) is 13.0 Å². The maximum atomic E-state index is 6.02. The monoisotopic (exact) mass is 430 g/mol. The van der Waals surface area contributed by atoms with Crippen LogP contribution in [0.25, 0.3) is 0 Å². The van der Waals surface area contributed by atoms with Crippen molar-refractivity contribution < 1.29 is 9.47 Å². The van der Waals surface area contributed by atoms with Crippen LogP contribution in [0.1, 0.15) is 36.7 Å². The number of nitrogens with zero attached hydrogens (tertiary/aromatic N) is 3. The van der Waals surface area contributed by atoms with Gasteiger partial charge in [0.25, 0.3) is 0 Å². The zero-order valence-corrected chi connectivity index (χ0v) is 18.0. The number of hydrogen-bond donors (Lipinski definition) is 1. The van der Waals surface area contributed by atoms with Crippen LogP contribution in [0.3, 0.4) is 0 Å². The number of halogens is 1. The van der Waals surface area contributed by atoms with E-state index in [1.54, 1.807) is 18.0 Å². The summed E-state index contributed by atoms with van der Waals surface area (Å²) in [5.41, 5.74) is 1.85. The van der Waals surface area contributed by atoms with E-state index in [-0.39, 0.29) is 0 Å². The van der Waals surface area contributed by atoms with Gasteiger partial charge in [-0.05, 0) is 60.1 Å². The molecule has 0 aliphatic carbocycles. The summed E-state index contributed by atoms with van der Waals surface area (Å²) in [6.45, 7) is 2.53. The molecule has 6 nitrogen and oxygen atoms in total. The molecular formula is C21H23ClN4O2S. The lowest BCUT2D eigenvalue weighted by molar-refractivity contribution is 0.284. The highest BCUT2D eigenvalue weighted by atomic mass is 35.5. The number of hydrogen-bond acceptors (Lipinski definition) is 5. The lowest BCUT2D eigenvalue weighted by Crippen LogP contribution is -2.00. The average Bonchev–Trinajstić information content (AvgIpc) is 3.08. The number of rotatable bonds is 9. The number of aryl methyl sites for hydroxylation is 1. The maximum absolute atomic E-state index is 6.02. The van der Waals surface area contributed by atoms with Gasteiger partial charge in [-0.1, -0.05) is 37.1 Å². The van der Waals surface area contributed by atoms with Gasteiger partial charge in [-0.2, -0.15) is 14.9 Å². The van der Waals surface area contributed by atoms with Crippen LogP contribution in [-0.4, -0.2) is 28.2 Å². The Morgan fingerprint density at radius 3 is 2.86 bits per heavy atom. The van der Waals surface area contributed by atoms with Gasteiger partial charge in [0.15, 0.2) is 17.3 Å². The molecule has 0 aliphatic heterocycles. The zero-order valence-electron chi connectivity index (χ0n) is 16.4. The number of methoxy groups -OCH3 is 1. The van der Waals surface area contributed by atoms with Crippen molar-refractivity contribution in [2.45, 2.75) is 32.8 Å². The van der Waals surface area contributed by atoms with Crippen molar-refractivity contribution in [1.29, 1.82) is 0 Å². The average molecular weight is 431 g/mol. The van der Waals surface area contributed by atoms with E-state index in [0.29, 0.717) is 27.9 Å². The molecule has 3 rings (SSSR count). The molecule has 29 heavy (non-hydrogen) atoms. The molecule has 0 atom stereocenters. The van der Waals surface area contributed by atoms with Gasteiger partial charge in [-0.3, -0.25) is 5.10 Å². The second kappa shape index (κ2) is 10.2. The SMILES string of the molecule is CCCCc1n[nH]c(=S)n1/N=C\c1ccc(OCc2cccc(Cl)c2)c(OC)c1. The summed E-state index contributed by atoms with van der Waals surface area (Å²) in [7, 11) is 1.61. The number of aromatic amines is 1. The highest BCUT2D eigenvalue weighted by Gasteiger charge is 2.07. The third-order valence-electron chi connectivity index (χ3n) is 4.26. The third-order valence-corrected chi connectivity index (χ3v) is 4.76. The second-order valence-corrected chi connectivity index (χ2v) is 7.26. The predicted octanol–water partition coefficient (Wildman–Crippen LogP) is 5.41. The summed E-state index contributed by atoms with van der Waals surface area (Å²) >= 11 is 11.3. The van der Waals surface area contributed by atoms with E-state index in [1.165, 1.54) is 0 Å². The van der Waals surface area contributed by atoms with E-state index in [1.807, 2.05) is 42.5 Å². The Morgan fingerprint density at radius 2 is 2.10 bits per heavy atom. The van der Waals surface area contributed by atoms with E-state index >= 15 is 0 Å². The first-order chi connectivity index (χ1) is 14.1. The standard InChI is InChI=1S/C21H23ClN4O2S/c1-3-4-8-20-24-25-21(29)26(20)23-13-15-9-10-18(19(12-15)27-2)28-14-16-6-5-7-17(22)11-16/h5-7,9-13H,3-4,8,14H2,1-2H3,(H,25,29)/b23-13-. The van der Waals surface area contributed by atoms with Crippen molar-refractivity contribution in [2.75, 3.05) is 7.11 Å².